The number of hydrogen-bond acceptors (Lipinski definition) is 5. The molecule has 2 aromatic rings. The first kappa shape index (κ1) is 10.9. The number of aromatic amines is 1. The van der Waals surface area contributed by atoms with Crippen molar-refractivity contribution in [3.05, 3.63) is 34.4 Å². The van der Waals surface area contributed by atoms with Crippen LogP contribution in [0.3, 0.4) is 0 Å². The van der Waals surface area contributed by atoms with Crippen molar-refractivity contribution in [2.24, 2.45) is 0 Å². The molecule has 0 spiro atoms. The van der Waals surface area contributed by atoms with Crippen molar-refractivity contribution in [2.45, 2.75) is 0 Å². The molecule has 0 amide bonds. The third kappa shape index (κ3) is 2.03. The minimum Gasteiger partial charge on any atom is -0.490 e. The number of benzene rings is 1. The van der Waals surface area contributed by atoms with Gasteiger partial charge in [0, 0.05) is 17.7 Å². The third-order valence-corrected chi connectivity index (χ3v) is 2.28. The highest BCUT2D eigenvalue weighted by Gasteiger charge is 2.16. The molecule has 1 heterocycles. The summed E-state index contributed by atoms with van der Waals surface area (Å²) in [5.74, 6) is 0.546. The predicted octanol–water partition coefficient (Wildman–Crippen LogP) is 1.58. The molecule has 2 rings (SSSR count). The predicted molar refractivity (Wildman–Crippen MR) is 61.6 cm³/mol. The van der Waals surface area contributed by atoms with Gasteiger partial charge >= 0.3 is 5.69 Å². The first-order chi connectivity index (χ1) is 8.11. The summed E-state index contributed by atoms with van der Waals surface area (Å²) in [5.41, 5.74) is 6.62. The number of nitrogens with two attached hydrogens (primary N) is 1. The molecule has 3 N–H and O–H groups in total. The number of nitro groups is 1. The topological polar surface area (TPSA) is 107 Å². The molecule has 17 heavy (non-hydrogen) atoms. The largest absolute Gasteiger partial charge is 0.490 e. The zero-order valence-corrected chi connectivity index (χ0v) is 9.01. The van der Waals surface area contributed by atoms with Gasteiger partial charge in [-0.2, -0.15) is 5.10 Å². The summed E-state index contributed by atoms with van der Waals surface area (Å²) in [5, 5.41) is 17.3. The minimum absolute atomic E-state index is 0.0989. The molecule has 0 bridgehead atoms. The van der Waals surface area contributed by atoms with E-state index in [1.54, 1.807) is 12.1 Å². The number of nitrogens with one attached hydrogen (secondary N) is 1. The number of nitrogens with zero attached hydrogens (tertiary/aromatic N) is 2. The fraction of sp³-hybridized carbons (Fsp3) is 0.100. The standard InChI is InChI=1S/C10H10N4O3/c1-17-9-3-2-6(4-8(9)14(15)16)7-5-10(11)13-12-7/h2-5H,1H3,(H3,11,12,13). The Hall–Kier alpha value is -2.57. The van der Waals surface area contributed by atoms with Gasteiger partial charge in [0.25, 0.3) is 0 Å². The maximum Gasteiger partial charge on any atom is 0.311 e. The second kappa shape index (κ2) is 4.12. The number of hydrogen-bond donors (Lipinski definition) is 2. The van der Waals surface area contributed by atoms with Crippen LogP contribution in [-0.4, -0.2) is 22.2 Å². The Morgan fingerprint density at radius 2 is 2.24 bits per heavy atom. The molecule has 0 saturated heterocycles. The van der Waals surface area contributed by atoms with Crippen LogP contribution in [0.4, 0.5) is 11.5 Å². The van der Waals surface area contributed by atoms with Gasteiger partial charge in [0.05, 0.1) is 17.7 Å². The zero-order chi connectivity index (χ0) is 12.4. The van der Waals surface area contributed by atoms with Crippen LogP contribution in [0.5, 0.6) is 5.75 Å². The van der Waals surface area contributed by atoms with Gasteiger partial charge in [-0.15, -0.1) is 0 Å². The van der Waals surface area contributed by atoms with E-state index in [1.807, 2.05) is 0 Å². The Morgan fingerprint density at radius 3 is 2.76 bits per heavy atom. The maximum absolute atomic E-state index is 10.8. The van der Waals surface area contributed by atoms with Crippen LogP contribution >= 0.6 is 0 Å². The number of aromatic nitrogens is 2. The summed E-state index contributed by atoms with van der Waals surface area (Å²) in [6.45, 7) is 0. The van der Waals surface area contributed by atoms with Crippen LogP contribution < -0.4 is 10.5 Å². The summed E-state index contributed by atoms with van der Waals surface area (Å²) < 4.78 is 4.91. The lowest BCUT2D eigenvalue weighted by molar-refractivity contribution is -0.385. The molecule has 0 aliphatic heterocycles. The van der Waals surface area contributed by atoms with Gasteiger partial charge in [-0.1, -0.05) is 0 Å². The number of ether oxygens (including phenoxy) is 1. The molecular weight excluding hydrogens is 224 g/mol. The summed E-state index contributed by atoms with van der Waals surface area (Å²) in [7, 11) is 1.39. The van der Waals surface area contributed by atoms with Crippen molar-refractivity contribution in [1.29, 1.82) is 0 Å². The Morgan fingerprint density at radius 1 is 1.47 bits per heavy atom. The quantitative estimate of drug-likeness (QED) is 0.619. The van der Waals surface area contributed by atoms with Crippen LogP contribution in [0.1, 0.15) is 0 Å². The van der Waals surface area contributed by atoms with E-state index in [-0.39, 0.29) is 11.4 Å². The van der Waals surface area contributed by atoms with Crippen LogP contribution in [0.25, 0.3) is 11.3 Å². The van der Waals surface area contributed by atoms with E-state index < -0.39 is 4.92 Å². The lowest BCUT2D eigenvalue weighted by Crippen LogP contribution is -1.94. The van der Waals surface area contributed by atoms with E-state index in [1.165, 1.54) is 19.2 Å². The van der Waals surface area contributed by atoms with Gasteiger partial charge in [0.1, 0.15) is 5.82 Å². The van der Waals surface area contributed by atoms with E-state index in [4.69, 9.17) is 10.5 Å². The van der Waals surface area contributed by atoms with Crippen molar-refractivity contribution in [2.75, 3.05) is 12.8 Å². The van der Waals surface area contributed by atoms with E-state index in [0.717, 1.165) is 0 Å². The lowest BCUT2D eigenvalue weighted by Gasteiger charge is -2.03. The second-order valence-electron chi connectivity index (χ2n) is 3.35. The van der Waals surface area contributed by atoms with E-state index in [0.29, 0.717) is 17.1 Å². The molecule has 88 valence electrons. The number of anilines is 1. The van der Waals surface area contributed by atoms with Gasteiger partial charge in [-0.3, -0.25) is 15.2 Å². The van der Waals surface area contributed by atoms with Crippen LogP contribution in [0.15, 0.2) is 24.3 Å². The lowest BCUT2D eigenvalue weighted by atomic mass is 10.1. The van der Waals surface area contributed by atoms with Crippen molar-refractivity contribution in [1.82, 2.24) is 10.2 Å². The van der Waals surface area contributed by atoms with Crippen LogP contribution in [0, 0.1) is 10.1 Å². The smallest absolute Gasteiger partial charge is 0.311 e. The zero-order valence-electron chi connectivity index (χ0n) is 9.01. The maximum atomic E-state index is 10.8. The summed E-state index contributed by atoms with van der Waals surface area (Å²) in [6, 6.07) is 6.24. The van der Waals surface area contributed by atoms with Crippen LogP contribution in [-0.2, 0) is 0 Å². The summed E-state index contributed by atoms with van der Waals surface area (Å²) in [6.07, 6.45) is 0. The molecule has 7 nitrogen and oxygen atoms in total. The molecule has 1 aromatic carbocycles. The monoisotopic (exact) mass is 234 g/mol. The molecule has 0 saturated carbocycles. The normalized spacial score (nSPS) is 10.2. The van der Waals surface area contributed by atoms with Gasteiger partial charge < -0.3 is 10.5 Å². The van der Waals surface area contributed by atoms with Gasteiger partial charge in [-0.25, -0.2) is 0 Å². The highest BCUT2D eigenvalue weighted by Crippen LogP contribution is 2.31. The molecular formula is C10H10N4O3. The Kier molecular flexibility index (Phi) is 2.65. The average Bonchev–Trinajstić information content (AvgIpc) is 2.75. The number of nitrogen functional groups attached to an aromatic ring is 1. The number of nitro benzene ring substituents is 1. The minimum atomic E-state index is -0.498. The summed E-state index contributed by atoms with van der Waals surface area (Å²) in [4.78, 5) is 10.3. The van der Waals surface area contributed by atoms with E-state index in [2.05, 4.69) is 10.2 Å². The van der Waals surface area contributed by atoms with Crippen molar-refractivity contribution >= 4 is 11.5 Å². The van der Waals surface area contributed by atoms with Crippen molar-refractivity contribution < 1.29 is 9.66 Å². The molecule has 7 heteroatoms. The number of H-pyrrole nitrogens is 1. The molecule has 0 unspecified atom stereocenters. The van der Waals surface area contributed by atoms with Gasteiger partial charge in [0.2, 0.25) is 0 Å². The van der Waals surface area contributed by atoms with Gasteiger partial charge in [0.15, 0.2) is 5.75 Å². The molecule has 1 aromatic heterocycles. The number of rotatable bonds is 3. The van der Waals surface area contributed by atoms with Gasteiger partial charge in [-0.05, 0) is 12.1 Å². The molecule has 0 atom stereocenters. The molecule has 0 radical (unpaired) electrons. The number of methoxy groups -OCH3 is 1. The first-order valence-corrected chi connectivity index (χ1v) is 4.75. The highest BCUT2D eigenvalue weighted by atomic mass is 16.6. The molecule has 0 fully saturated rings. The third-order valence-electron chi connectivity index (χ3n) is 2.28. The Bertz CT molecular complexity index is 564. The molecule has 0 aliphatic rings. The molecule has 0 aliphatic carbocycles. The van der Waals surface area contributed by atoms with Crippen LogP contribution in [0.2, 0.25) is 0 Å². The summed E-state index contributed by atoms with van der Waals surface area (Å²) >= 11 is 0. The van der Waals surface area contributed by atoms with Crippen molar-refractivity contribution in [3.63, 3.8) is 0 Å². The Balaban J connectivity index is 2.50. The van der Waals surface area contributed by atoms with Crippen molar-refractivity contribution in [3.8, 4) is 17.0 Å². The Labute approximate surface area is 96.4 Å². The van der Waals surface area contributed by atoms with E-state index >= 15 is 0 Å². The fourth-order valence-electron chi connectivity index (χ4n) is 1.49. The SMILES string of the molecule is COc1ccc(-c2cc(N)n[nH]2)cc1[N+](=O)[O-]. The first-order valence-electron chi connectivity index (χ1n) is 4.75. The van der Waals surface area contributed by atoms with E-state index in [9.17, 15) is 10.1 Å². The second-order valence-corrected chi connectivity index (χ2v) is 3.35. The average molecular weight is 234 g/mol. The fourth-order valence-corrected chi connectivity index (χ4v) is 1.49. The highest BCUT2D eigenvalue weighted by molar-refractivity contribution is 5.67.